The molecule has 3 N–H and O–H groups in total. The molecule has 7 nitrogen and oxygen atoms in total. The fourth-order valence-electron chi connectivity index (χ4n) is 2.62. The predicted octanol–water partition coefficient (Wildman–Crippen LogP) is -0.266. The van der Waals surface area contributed by atoms with Gasteiger partial charge in [0.2, 0.25) is 5.28 Å². The number of aliphatic hydroxyl groups excluding tert-OH is 2. The van der Waals surface area contributed by atoms with Gasteiger partial charge >= 0.3 is 0 Å². The van der Waals surface area contributed by atoms with Crippen molar-refractivity contribution in [2.24, 2.45) is 0 Å². The Bertz CT molecular complexity index is 604. The summed E-state index contributed by atoms with van der Waals surface area (Å²) in [4.78, 5) is 12.2. The molecule has 0 saturated heterocycles. The molecular weight excluding hydrogens is 270 g/mol. The Labute approximate surface area is 114 Å². The molecule has 1 saturated carbocycles. The van der Waals surface area contributed by atoms with Crippen LogP contribution >= 0.6 is 11.6 Å². The zero-order valence-electron chi connectivity index (χ0n) is 10.2. The van der Waals surface area contributed by atoms with Crippen molar-refractivity contribution in [1.29, 1.82) is 0 Å². The molecule has 1 aliphatic carbocycles. The number of rotatable bonds is 2. The van der Waals surface area contributed by atoms with Crippen LogP contribution in [0.5, 0.6) is 0 Å². The van der Waals surface area contributed by atoms with Crippen molar-refractivity contribution < 1.29 is 10.2 Å². The van der Waals surface area contributed by atoms with Gasteiger partial charge in [-0.3, -0.25) is 0 Å². The summed E-state index contributed by atoms with van der Waals surface area (Å²) in [6.07, 6.45) is 2.03. The quantitative estimate of drug-likeness (QED) is 0.657. The number of nitrogens with zero attached hydrogens (tertiary/aromatic N) is 4. The van der Waals surface area contributed by atoms with Gasteiger partial charge in [-0.05, 0) is 25.1 Å². The molecular formula is C11H14ClN5O2. The Hall–Kier alpha value is -1.28. The zero-order valence-corrected chi connectivity index (χ0v) is 11.0. The average molecular weight is 284 g/mol. The molecule has 8 heteroatoms. The van der Waals surface area contributed by atoms with Gasteiger partial charge in [-0.25, -0.2) is 9.97 Å². The molecule has 2 aromatic heterocycles. The van der Waals surface area contributed by atoms with E-state index < -0.39 is 12.2 Å². The SMILES string of the molecule is CN[C@H]1C[C@@H](n2cnc3cnc(Cl)nc32)[C@H](O)[C@@H]1O. The standard InChI is InChI=1S/C11H14ClN5O2/c1-13-5-2-7(9(19)8(5)18)17-4-15-6-3-14-11(12)16-10(6)17/h3-5,7-9,13,18-19H,2H2,1H3/t5-,7+,8+,9-/m0/s1. The summed E-state index contributed by atoms with van der Waals surface area (Å²) < 4.78 is 1.74. The number of aromatic nitrogens is 4. The normalized spacial score (nSPS) is 31.2. The van der Waals surface area contributed by atoms with E-state index in [2.05, 4.69) is 20.3 Å². The van der Waals surface area contributed by atoms with E-state index in [1.165, 1.54) is 6.20 Å². The first-order valence-corrected chi connectivity index (χ1v) is 6.38. The highest BCUT2D eigenvalue weighted by Gasteiger charge is 2.42. The van der Waals surface area contributed by atoms with Gasteiger partial charge in [0.1, 0.15) is 11.6 Å². The topological polar surface area (TPSA) is 96.1 Å². The Morgan fingerprint density at radius 1 is 1.37 bits per heavy atom. The molecule has 1 aliphatic rings. The largest absolute Gasteiger partial charge is 0.389 e. The number of imidazole rings is 1. The van der Waals surface area contributed by atoms with Gasteiger partial charge in [0.15, 0.2) is 5.65 Å². The summed E-state index contributed by atoms with van der Waals surface area (Å²) in [6, 6.07) is -0.446. The lowest BCUT2D eigenvalue weighted by atomic mass is 10.2. The second-order valence-electron chi connectivity index (χ2n) is 4.68. The van der Waals surface area contributed by atoms with Gasteiger partial charge < -0.3 is 20.1 Å². The number of halogens is 1. The van der Waals surface area contributed by atoms with E-state index in [1.807, 2.05) is 0 Å². The molecule has 0 amide bonds. The van der Waals surface area contributed by atoms with Crippen LogP contribution < -0.4 is 5.32 Å². The molecule has 0 radical (unpaired) electrons. The summed E-state index contributed by atoms with van der Waals surface area (Å²) >= 11 is 5.79. The first-order chi connectivity index (χ1) is 9.11. The second-order valence-corrected chi connectivity index (χ2v) is 5.02. The van der Waals surface area contributed by atoms with Gasteiger partial charge in [0.05, 0.1) is 24.7 Å². The van der Waals surface area contributed by atoms with Crippen molar-refractivity contribution in [2.75, 3.05) is 7.05 Å². The molecule has 2 aromatic rings. The summed E-state index contributed by atoms with van der Waals surface area (Å²) in [7, 11) is 1.76. The fraction of sp³-hybridized carbons (Fsp3) is 0.545. The van der Waals surface area contributed by atoms with Gasteiger partial charge in [0, 0.05) is 6.04 Å². The molecule has 102 valence electrons. The molecule has 0 spiro atoms. The van der Waals surface area contributed by atoms with Gasteiger partial charge in [0.25, 0.3) is 0 Å². The zero-order chi connectivity index (χ0) is 13.6. The molecule has 4 atom stereocenters. The molecule has 19 heavy (non-hydrogen) atoms. The van der Waals surface area contributed by atoms with E-state index in [4.69, 9.17) is 11.6 Å². The Kier molecular flexibility index (Phi) is 3.14. The molecule has 0 aliphatic heterocycles. The van der Waals surface area contributed by atoms with Gasteiger partial charge in [-0.1, -0.05) is 0 Å². The van der Waals surface area contributed by atoms with Crippen LogP contribution in [0.1, 0.15) is 12.5 Å². The Balaban J connectivity index is 2.03. The van der Waals surface area contributed by atoms with Crippen molar-refractivity contribution >= 4 is 22.8 Å². The molecule has 1 fully saturated rings. The van der Waals surface area contributed by atoms with E-state index in [-0.39, 0.29) is 17.4 Å². The minimum Gasteiger partial charge on any atom is -0.389 e. The van der Waals surface area contributed by atoms with Crippen molar-refractivity contribution in [1.82, 2.24) is 24.8 Å². The van der Waals surface area contributed by atoms with Crippen molar-refractivity contribution in [3.63, 3.8) is 0 Å². The van der Waals surface area contributed by atoms with Crippen LogP contribution in [0.25, 0.3) is 11.2 Å². The highest BCUT2D eigenvalue weighted by atomic mass is 35.5. The smallest absolute Gasteiger partial charge is 0.224 e. The number of nitrogens with one attached hydrogen (secondary N) is 1. The van der Waals surface area contributed by atoms with Crippen LogP contribution in [0.3, 0.4) is 0 Å². The summed E-state index contributed by atoms with van der Waals surface area (Å²) in [5.41, 5.74) is 1.17. The third-order valence-electron chi connectivity index (χ3n) is 3.67. The van der Waals surface area contributed by atoms with Crippen molar-refractivity contribution in [2.45, 2.75) is 30.7 Å². The second kappa shape index (κ2) is 4.68. The minimum atomic E-state index is -0.872. The Morgan fingerprint density at radius 2 is 2.16 bits per heavy atom. The van der Waals surface area contributed by atoms with Crippen LogP contribution in [0.15, 0.2) is 12.5 Å². The number of fused-ring (bicyclic) bond motifs is 1. The van der Waals surface area contributed by atoms with E-state index in [9.17, 15) is 10.2 Å². The summed E-state index contributed by atoms with van der Waals surface area (Å²) in [5.74, 6) is 0. The lowest BCUT2D eigenvalue weighted by Gasteiger charge is -2.18. The van der Waals surface area contributed by atoms with Crippen LogP contribution in [0, 0.1) is 0 Å². The molecule has 0 bridgehead atoms. The average Bonchev–Trinajstić information content (AvgIpc) is 2.92. The number of hydrogen-bond donors (Lipinski definition) is 3. The van der Waals surface area contributed by atoms with Crippen LogP contribution in [0.4, 0.5) is 0 Å². The van der Waals surface area contributed by atoms with Gasteiger partial charge in [-0.15, -0.1) is 0 Å². The summed E-state index contributed by atoms with van der Waals surface area (Å²) in [5, 5.41) is 23.2. The van der Waals surface area contributed by atoms with E-state index >= 15 is 0 Å². The van der Waals surface area contributed by atoms with Crippen molar-refractivity contribution in [3.05, 3.63) is 17.8 Å². The fourth-order valence-corrected chi connectivity index (χ4v) is 2.75. The maximum atomic E-state index is 10.1. The lowest BCUT2D eigenvalue weighted by Crippen LogP contribution is -2.38. The maximum absolute atomic E-state index is 10.1. The third kappa shape index (κ3) is 1.99. The first kappa shape index (κ1) is 12.7. The molecule has 0 aromatic carbocycles. The van der Waals surface area contributed by atoms with E-state index in [0.29, 0.717) is 17.6 Å². The third-order valence-corrected chi connectivity index (χ3v) is 3.85. The van der Waals surface area contributed by atoms with E-state index in [0.717, 1.165) is 0 Å². The predicted molar refractivity (Wildman–Crippen MR) is 68.8 cm³/mol. The highest BCUT2D eigenvalue weighted by Crippen LogP contribution is 2.32. The molecule has 0 unspecified atom stereocenters. The number of likely N-dealkylation sites (N-methyl/N-ethyl adjacent to an activating group) is 1. The minimum absolute atomic E-state index is 0.132. The Morgan fingerprint density at radius 3 is 2.84 bits per heavy atom. The molecule has 3 rings (SSSR count). The maximum Gasteiger partial charge on any atom is 0.224 e. The highest BCUT2D eigenvalue weighted by molar-refractivity contribution is 6.28. The van der Waals surface area contributed by atoms with Crippen LogP contribution in [-0.4, -0.2) is 55.0 Å². The summed E-state index contributed by atoms with van der Waals surface area (Å²) in [6.45, 7) is 0. The van der Waals surface area contributed by atoms with Gasteiger partial charge in [-0.2, -0.15) is 4.98 Å². The number of aliphatic hydroxyl groups is 2. The lowest BCUT2D eigenvalue weighted by molar-refractivity contribution is 0.0151. The monoisotopic (exact) mass is 283 g/mol. The van der Waals surface area contributed by atoms with E-state index in [1.54, 1.807) is 17.9 Å². The molecule has 2 heterocycles. The first-order valence-electron chi connectivity index (χ1n) is 6.00. The van der Waals surface area contributed by atoms with Crippen LogP contribution in [-0.2, 0) is 0 Å². The van der Waals surface area contributed by atoms with Crippen LogP contribution in [0.2, 0.25) is 5.28 Å². The van der Waals surface area contributed by atoms with Crippen molar-refractivity contribution in [3.8, 4) is 0 Å². The number of hydrogen-bond acceptors (Lipinski definition) is 6.